The Balaban J connectivity index is 1.66. The summed E-state index contributed by atoms with van der Waals surface area (Å²) < 4.78 is 14.0. The number of H-pyrrole nitrogens is 1. The summed E-state index contributed by atoms with van der Waals surface area (Å²) in [6.45, 7) is 2.20. The summed E-state index contributed by atoms with van der Waals surface area (Å²) in [4.78, 5) is 8.32. The van der Waals surface area contributed by atoms with E-state index in [9.17, 15) is 4.39 Å². The first-order chi connectivity index (χ1) is 11.7. The van der Waals surface area contributed by atoms with Crippen LogP contribution in [0.1, 0.15) is 51.1 Å². The van der Waals surface area contributed by atoms with Crippen LogP contribution in [0.25, 0.3) is 10.9 Å². The van der Waals surface area contributed by atoms with E-state index in [0.717, 1.165) is 45.9 Å². The largest absolute Gasteiger partial charge is 0.381 e. The molecule has 0 saturated heterocycles. The van der Waals surface area contributed by atoms with E-state index in [1.54, 1.807) is 23.9 Å². The number of hydrogen-bond acceptors (Lipinski definition) is 3. The zero-order chi connectivity index (χ0) is 16.5. The van der Waals surface area contributed by atoms with Crippen LogP contribution in [0.3, 0.4) is 0 Å². The molecule has 4 rings (SSSR count). The molecular weight excluding hydrogens is 321 g/mol. The van der Waals surface area contributed by atoms with Gasteiger partial charge in [-0.05, 0) is 37.5 Å². The van der Waals surface area contributed by atoms with Crippen molar-refractivity contribution in [3.63, 3.8) is 0 Å². The Morgan fingerprint density at radius 2 is 2.12 bits per heavy atom. The second kappa shape index (κ2) is 6.79. The number of aliphatic imine (C=N–C) groups is 1. The first-order valence-electron chi connectivity index (χ1n) is 9.02. The van der Waals surface area contributed by atoms with Crippen LogP contribution in [0, 0.1) is 5.82 Å². The minimum Gasteiger partial charge on any atom is -0.381 e. The number of aromatic nitrogens is 1. The van der Waals surface area contributed by atoms with E-state index in [1.165, 1.54) is 25.7 Å². The number of rotatable bonds is 5. The van der Waals surface area contributed by atoms with Gasteiger partial charge in [0.15, 0.2) is 0 Å². The van der Waals surface area contributed by atoms with Gasteiger partial charge in [0, 0.05) is 17.2 Å². The SMILES string of the molecule is CCCC1CSC(c2cc3cc(F)cc(NC4CCCC4)c3[nH]2)=N1. The average molecular weight is 345 g/mol. The maximum absolute atomic E-state index is 14.0. The molecule has 0 spiro atoms. The maximum Gasteiger partial charge on any atom is 0.126 e. The van der Waals surface area contributed by atoms with Crippen LogP contribution in [0.4, 0.5) is 10.1 Å². The quantitative estimate of drug-likeness (QED) is 0.769. The van der Waals surface area contributed by atoms with Crippen molar-refractivity contribution in [1.82, 2.24) is 4.98 Å². The van der Waals surface area contributed by atoms with Gasteiger partial charge in [-0.2, -0.15) is 0 Å². The van der Waals surface area contributed by atoms with Crippen LogP contribution in [0.2, 0.25) is 0 Å². The fourth-order valence-corrected chi connectivity index (χ4v) is 4.85. The lowest BCUT2D eigenvalue weighted by atomic mass is 10.2. The van der Waals surface area contributed by atoms with Crippen molar-refractivity contribution < 1.29 is 4.39 Å². The van der Waals surface area contributed by atoms with Gasteiger partial charge >= 0.3 is 0 Å². The number of anilines is 1. The fourth-order valence-electron chi connectivity index (χ4n) is 3.77. The van der Waals surface area contributed by atoms with Crippen molar-refractivity contribution in [2.24, 2.45) is 4.99 Å². The van der Waals surface area contributed by atoms with Crippen molar-refractivity contribution in [3.05, 3.63) is 29.7 Å². The number of fused-ring (bicyclic) bond motifs is 1. The van der Waals surface area contributed by atoms with Gasteiger partial charge in [0.2, 0.25) is 0 Å². The monoisotopic (exact) mass is 345 g/mol. The Kier molecular flexibility index (Phi) is 4.53. The third kappa shape index (κ3) is 3.18. The van der Waals surface area contributed by atoms with E-state index in [-0.39, 0.29) is 5.82 Å². The molecule has 0 radical (unpaired) electrons. The third-order valence-corrected chi connectivity index (χ3v) is 6.12. The predicted octanol–water partition coefficient (Wildman–Crippen LogP) is 5.32. The zero-order valence-electron chi connectivity index (χ0n) is 14.1. The van der Waals surface area contributed by atoms with E-state index in [0.29, 0.717) is 12.1 Å². The Morgan fingerprint density at radius 3 is 2.92 bits per heavy atom. The van der Waals surface area contributed by atoms with Gasteiger partial charge in [-0.1, -0.05) is 26.2 Å². The highest BCUT2D eigenvalue weighted by Gasteiger charge is 2.21. The minimum atomic E-state index is -0.182. The molecule has 0 bridgehead atoms. The molecule has 1 aliphatic carbocycles. The summed E-state index contributed by atoms with van der Waals surface area (Å²) >= 11 is 1.81. The molecule has 5 heteroatoms. The summed E-state index contributed by atoms with van der Waals surface area (Å²) in [5.41, 5.74) is 2.91. The van der Waals surface area contributed by atoms with Crippen LogP contribution >= 0.6 is 11.8 Å². The van der Waals surface area contributed by atoms with Crippen LogP contribution in [0.5, 0.6) is 0 Å². The molecule has 1 aromatic carbocycles. The number of nitrogens with one attached hydrogen (secondary N) is 2. The van der Waals surface area contributed by atoms with E-state index in [2.05, 4.69) is 17.2 Å². The van der Waals surface area contributed by atoms with Gasteiger partial charge in [0.05, 0.1) is 22.9 Å². The van der Waals surface area contributed by atoms with Crippen LogP contribution in [-0.2, 0) is 0 Å². The topological polar surface area (TPSA) is 40.2 Å². The lowest BCUT2D eigenvalue weighted by molar-refractivity contribution is 0.629. The molecule has 2 aromatic rings. The number of aromatic amines is 1. The molecular formula is C19H24FN3S. The lowest BCUT2D eigenvalue weighted by Gasteiger charge is -2.14. The second-order valence-electron chi connectivity index (χ2n) is 6.91. The molecule has 1 saturated carbocycles. The molecule has 2 aliphatic rings. The number of halogens is 1. The molecule has 1 aromatic heterocycles. The van der Waals surface area contributed by atoms with E-state index < -0.39 is 0 Å². The summed E-state index contributed by atoms with van der Waals surface area (Å²) in [7, 11) is 0. The van der Waals surface area contributed by atoms with Gasteiger partial charge in [0.25, 0.3) is 0 Å². The molecule has 3 nitrogen and oxygen atoms in total. The van der Waals surface area contributed by atoms with Gasteiger partial charge in [0.1, 0.15) is 10.9 Å². The molecule has 24 heavy (non-hydrogen) atoms. The molecule has 0 amide bonds. The predicted molar refractivity (Wildman–Crippen MR) is 102 cm³/mol. The van der Waals surface area contributed by atoms with Gasteiger partial charge in [-0.15, -0.1) is 11.8 Å². The first-order valence-corrected chi connectivity index (χ1v) is 10.0. The standard InChI is InChI=1S/C19H24FN3S/c1-2-5-15-11-24-19(22-15)17-9-12-8-13(20)10-16(18(12)23-17)21-14-6-3-4-7-14/h8-10,14-15,21,23H,2-7,11H2,1H3. The van der Waals surface area contributed by atoms with Crippen LogP contribution < -0.4 is 5.32 Å². The molecule has 1 atom stereocenters. The summed E-state index contributed by atoms with van der Waals surface area (Å²) in [6.07, 6.45) is 7.17. The Bertz CT molecular complexity index is 761. The number of benzene rings is 1. The smallest absolute Gasteiger partial charge is 0.126 e. The van der Waals surface area contributed by atoms with Gasteiger partial charge in [-0.3, -0.25) is 4.99 Å². The molecule has 1 fully saturated rings. The molecule has 2 N–H and O–H groups in total. The Labute approximate surface area is 146 Å². The summed E-state index contributed by atoms with van der Waals surface area (Å²) in [6, 6.07) is 6.16. The first kappa shape index (κ1) is 16.0. The Morgan fingerprint density at radius 1 is 1.29 bits per heavy atom. The summed E-state index contributed by atoms with van der Waals surface area (Å²) in [5, 5.41) is 5.53. The third-order valence-electron chi connectivity index (χ3n) is 4.97. The highest BCUT2D eigenvalue weighted by molar-refractivity contribution is 8.14. The number of thioether (sulfide) groups is 1. The van der Waals surface area contributed by atoms with Crippen LogP contribution in [-0.4, -0.2) is 27.9 Å². The van der Waals surface area contributed by atoms with E-state index in [4.69, 9.17) is 4.99 Å². The highest BCUT2D eigenvalue weighted by atomic mass is 32.2. The zero-order valence-corrected chi connectivity index (χ0v) is 14.9. The maximum atomic E-state index is 14.0. The molecule has 2 heterocycles. The molecule has 128 valence electrons. The molecule has 1 aliphatic heterocycles. The average Bonchev–Trinajstić information content (AvgIpc) is 3.26. The van der Waals surface area contributed by atoms with Gasteiger partial charge < -0.3 is 10.3 Å². The number of nitrogens with zero attached hydrogens (tertiary/aromatic N) is 1. The lowest BCUT2D eigenvalue weighted by Crippen LogP contribution is -2.14. The van der Waals surface area contributed by atoms with Crippen molar-refractivity contribution >= 4 is 33.4 Å². The van der Waals surface area contributed by atoms with Crippen molar-refractivity contribution in [2.45, 2.75) is 57.5 Å². The molecule has 1 unspecified atom stereocenters. The second-order valence-corrected chi connectivity index (χ2v) is 7.92. The Hall–Kier alpha value is -1.49. The van der Waals surface area contributed by atoms with E-state index >= 15 is 0 Å². The van der Waals surface area contributed by atoms with E-state index in [1.807, 2.05) is 6.07 Å². The fraction of sp³-hybridized carbons (Fsp3) is 0.526. The van der Waals surface area contributed by atoms with Gasteiger partial charge in [-0.25, -0.2) is 4.39 Å². The normalized spacial score (nSPS) is 21.6. The van der Waals surface area contributed by atoms with Crippen LogP contribution in [0.15, 0.2) is 23.2 Å². The van der Waals surface area contributed by atoms with Crippen molar-refractivity contribution in [1.29, 1.82) is 0 Å². The van der Waals surface area contributed by atoms with Crippen molar-refractivity contribution in [2.75, 3.05) is 11.1 Å². The van der Waals surface area contributed by atoms with Crippen molar-refractivity contribution in [3.8, 4) is 0 Å². The minimum absolute atomic E-state index is 0.182. The summed E-state index contributed by atoms with van der Waals surface area (Å²) in [5.74, 6) is 0.874. The highest BCUT2D eigenvalue weighted by Crippen LogP contribution is 2.32. The number of hydrogen-bond donors (Lipinski definition) is 2.